The summed E-state index contributed by atoms with van der Waals surface area (Å²) in [5, 5.41) is 13.0. The topological polar surface area (TPSA) is 36.0 Å². The fourth-order valence-electron chi connectivity index (χ4n) is 5.79. The largest absolute Gasteiger partial charge is 0.378 e. The lowest BCUT2D eigenvalue weighted by molar-refractivity contribution is -0.962. The maximum Gasteiger partial charge on any atom is 0.171 e. The van der Waals surface area contributed by atoms with E-state index in [4.69, 9.17) is 0 Å². The second kappa shape index (κ2) is 3.66. The number of H-pyrrole nitrogens is 1. The average molecular weight is 295 g/mol. The number of benzene rings is 1. The van der Waals surface area contributed by atoms with Crippen LogP contribution in [0.1, 0.15) is 31.5 Å². The van der Waals surface area contributed by atoms with Gasteiger partial charge in [-0.2, -0.15) is 0 Å². The summed E-state index contributed by atoms with van der Waals surface area (Å²) in [5.74, 6) is 0. The Bertz CT molecular complexity index is 835. The highest BCUT2D eigenvalue weighted by Crippen LogP contribution is 2.62. The van der Waals surface area contributed by atoms with E-state index in [1.54, 1.807) is 0 Å². The second-order valence-corrected chi connectivity index (χ2v) is 7.52. The number of aromatic nitrogens is 1. The first-order chi connectivity index (χ1) is 10.6. The summed E-state index contributed by atoms with van der Waals surface area (Å²) in [6.45, 7) is 7.63. The number of hydrogen-bond donors (Lipinski definition) is 2. The summed E-state index contributed by atoms with van der Waals surface area (Å²) in [6.07, 6.45) is 4.16. The molecule has 22 heavy (non-hydrogen) atoms. The van der Waals surface area contributed by atoms with Crippen molar-refractivity contribution in [2.75, 3.05) is 19.6 Å². The highest BCUT2D eigenvalue weighted by molar-refractivity contribution is 5.85. The SMILES string of the molecule is C/C=C1/C[N@+]23CCc4c([nH]c5ccccc45)[C@]2(C)[C@@]1(O)CC3. The van der Waals surface area contributed by atoms with Gasteiger partial charge in [-0.05, 0) is 25.5 Å². The summed E-state index contributed by atoms with van der Waals surface area (Å²) in [5.41, 5.74) is 4.28. The maximum absolute atomic E-state index is 11.6. The third-order valence-electron chi connectivity index (χ3n) is 7.10. The lowest BCUT2D eigenvalue weighted by Crippen LogP contribution is -2.61. The van der Waals surface area contributed by atoms with Crippen molar-refractivity contribution in [1.82, 2.24) is 4.98 Å². The molecule has 3 aliphatic heterocycles. The lowest BCUT2D eigenvalue weighted by atomic mass is 9.74. The number of hydrogen-bond acceptors (Lipinski definition) is 1. The first-order valence-electron chi connectivity index (χ1n) is 8.40. The van der Waals surface area contributed by atoms with Gasteiger partial charge in [0, 0.05) is 29.3 Å². The molecule has 0 aliphatic carbocycles. The molecule has 4 heterocycles. The van der Waals surface area contributed by atoms with Gasteiger partial charge in [0.05, 0.1) is 18.8 Å². The monoisotopic (exact) mass is 295 g/mol. The zero-order valence-corrected chi connectivity index (χ0v) is 13.3. The molecule has 3 aliphatic rings. The fraction of sp³-hybridized carbons (Fsp3) is 0.474. The predicted molar refractivity (Wildman–Crippen MR) is 87.5 cm³/mol. The molecule has 2 aromatic rings. The van der Waals surface area contributed by atoms with Crippen molar-refractivity contribution < 1.29 is 9.59 Å². The van der Waals surface area contributed by atoms with E-state index in [1.807, 2.05) is 0 Å². The van der Waals surface area contributed by atoms with Crippen LogP contribution in [0.3, 0.4) is 0 Å². The van der Waals surface area contributed by atoms with Gasteiger partial charge < -0.3 is 14.6 Å². The predicted octanol–water partition coefficient (Wildman–Crippen LogP) is 2.85. The summed E-state index contributed by atoms with van der Waals surface area (Å²) in [4.78, 5) is 3.69. The summed E-state index contributed by atoms with van der Waals surface area (Å²) >= 11 is 0. The van der Waals surface area contributed by atoms with Crippen LogP contribution in [0.4, 0.5) is 0 Å². The lowest BCUT2D eigenvalue weighted by Gasteiger charge is -2.47. The minimum atomic E-state index is -0.683. The second-order valence-electron chi connectivity index (χ2n) is 7.52. The quantitative estimate of drug-likeness (QED) is 0.569. The van der Waals surface area contributed by atoms with Crippen LogP contribution in [0.5, 0.6) is 0 Å². The molecule has 2 saturated heterocycles. The van der Waals surface area contributed by atoms with E-state index in [1.165, 1.54) is 27.7 Å². The normalized spacial score (nSPS) is 41.1. The van der Waals surface area contributed by atoms with Gasteiger partial charge in [0.1, 0.15) is 6.54 Å². The van der Waals surface area contributed by atoms with Crippen molar-refractivity contribution >= 4 is 10.9 Å². The van der Waals surface area contributed by atoms with Gasteiger partial charge in [-0.1, -0.05) is 24.3 Å². The molecular weight excluding hydrogens is 272 g/mol. The Hall–Kier alpha value is -1.58. The zero-order chi connectivity index (χ0) is 15.2. The number of aliphatic hydroxyl groups is 1. The molecule has 3 atom stereocenters. The standard InChI is InChI=1S/C19H23N2O/c1-3-13-12-21-10-8-15-14-6-4-5-7-16(14)20-17(15)18(21,2)19(13,22)9-11-21/h3-7,20,22H,8-12H2,1-2H3/q+1/b13-3-/t18-,19-,21-/m1/s1. The Morgan fingerprint density at radius 2 is 2.09 bits per heavy atom. The molecule has 1 aromatic heterocycles. The molecule has 1 aromatic carbocycles. The van der Waals surface area contributed by atoms with Gasteiger partial charge in [0.25, 0.3) is 0 Å². The molecule has 5 rings (SSSR count). The molecule has 0 spiro atoms. The number of para-hydroxylation sites is 1. The molecular formula is C19H23N2O+. The van der Waals surface area contributed by atoms with Crippen molar-refractivity contribution in [2.45, 2.75) is 37.8 Å². The molecule has 2 fully saturated rings. The van der Waals surface area contributed by atoms with Gasteiger partial charge in [-0.25, -0.2) is 0 Å². The van der Waals surface area contributed by atoms with E-state index in [0.29, 0.717) is 0 Å². The number of allylic oxidation sites excluding steroid dienone is 1. The fourth-order valence-corrected chi connectivity index (χ4v) is 5.79. The molecule has 114 valence electrons. The first-order valence-corrected chi connectivity index (χ1v) is 8.40. The van der Waals surface area contributed by atoms with Gasteiger partial charge in [0.15, 0.2) is 11.1 Å². The Labute approximate surface area is 130 Å². The van der Waals surface area contributed by atoms with Crippen LogP contribution in [0, 0.1) is 0 Å². The average Bonchev–Trinajstić information content (AvgIpc) is 3.08. The number of rotatable bonds is 0. The summed E-state index contributed by atoms with van der Waals surface area (Å²) < 4.78 is 1.03. The Morgan fingerprint density at radius 1 is 1.27 bits per heavy atom. The molecule has 2 bridgehead atoms. The van der Waals surface area contributed by atoms with E-state index < -0.39 is 5.60 Å². The minimum Gasteiger partial charge on any atom is -0.378 e. The number of nitrogens with one attached hydrogen (secondary N) is 1. The van der Waals surface area contributed by atoms with Crippen LogP contribution in [0.25, 0.3) is 10.9 Å². The number of quaternary nitrogens is 1. The van der Waals surface area contributed by atoms with Crippen LogP contribution >= 0.6 is 0 Å². The van der Waals surface area contributed by atoms with E-state index in [0.717, 1.165) is 37.0 Å². The minimum absolute atomic E-state index is 0.221. The number of nitrogens with zero attached hydrogens (tertiary/aromatic N) is 1. The van der Waals surface area contributed by atoms with E-state index in [-0.39, 0.29) is 5.54 Å². The van der Waals surface area contributed by atoms with Crippen molar-refractivity contribution in [2.24, 2.45) is 0 Å². The Balaban J connectivity index is 1.86. The van der Waals surface area contributed by atoms with Crippen molar-refractivity contribution in [3.63, 3.8) is 0 Å². The van der Waals surface area contributed by atoms with Crippen LogP contribution in [-0.2, 0) is 12.0 Å². The molecule has 3 nitrogen and oxygen atoms in total. The third kappa shape index (κ3) is 1.10. The van der Waals surface area contributed by atoms with Gasteiger partial charge >= 0.3 is 0 Å². The van der Waals surface area contributed by atoms with Crippen LogP contribution in [-0.4, -0.2) is 39.8 Å². The van der Waals surface area contributed by atoms with E-state index in [9.17, 15) is 5.11 Å². The zero-order valence-electron chi connectivity index (χ0n) is 13.3. The number of piperidine rings is 1. The highest BCUT2D eigenvalue weighted by Gasteiger charge is 2.75. The third-order valence-corrected chi connectivity index (χ3v) is 7.10. The summed E-state index contributed by atoms with van der Waals surface area (Å²) in [6, 6.07) is 8.59. The molecule has 0 saturated carbocycles. The Morgan fingerprint density at radius 3 is 2.91 bits per heavy atom. The van der Waals surface area contributed by atoms with E-state index in [2.05, 4.69) is 49.2 Å². The van der Waals surface area contributed by atoms with E-state index >= 15 is 0 Å². The van der Waals surface area contributed by atoms with Crippen molar-refractivity contribution in [3.05, 3.63) is 47.2 Å². The van der Waals surface area contributed by atoms with Crippen molar-refractivity contribution in [1.29, 1.82) is 0 Å². The number of fused-ring (bicyclic) bond motifs is 3. The van der Waals surface area contributed by atoms with Crippen molar-refractivity contribution in [3.8, 4) is 0 Å². The first kappa shape index (κ1) is 12.9. The van der Waals surface area contributed by atoms with Crippen LogP contribution in [0.15, 0.2) is 35.9 Å². The molecule has 0 radical (unpaired) electrons. The smallest absolute Gasteiger partial charge is 0.171 e. The summed E-state index contributed by atoms with van der Waals surface area (Å²) in [7, 11) is 0. The molecule has 0 amide bonds. The van der Waals surface area contributed by atoms with Gasteiger partial charge in [-0.15, -0.1) is 0 Å². The highest BCUT2D eigenvalue weighted by atomic mass is 16.3. The van der Waals surface area contributed by atoms with Crippen LogP contribution < -0.4 is 0 Å². The number of aromatic amines is 1. The molecule has 2 N–H and O–H groups in total. The van der Waals surface area contributed by atoms with Crippen LogP contribution in [0.2, 0.25) is 0 Å². The van der Waals surface area contributed by atoms with Gasteiger partial charge in [-0.3, -0.25) is 0 Å². The molecule has 3 heteroatoms. The van der Waals surface area contributed by atoms with Gasteiger partial charge in [0.2, 0.25) is 0 Å². The Kier molecular flexibility index (Phi) is 2.15. The molecule has 0 unspecified atom stereocenters. The maximum atomic E-state index is 11.6.